The lowest BCUT2D eigenvalue weighted by Gasteiger charge is -2.13. The summed E-state index contributed by atoms with van der Waals surface area (Å²) < 4.78 is 5.72. The van der Waals surface area contributed by atoms with Gasteiger partial charge in [-0.05, 0) is 24.6 Å². The molecule has 0 saturated carbocycles. The topological polar surface area (TPSA) is 78.4 Å². The summed E-state index contributed by atoms with van der Waals surface area (Å²) in [5.74, 6) is 0.593. The second kappa shape index (κ2) is 6.56. The lowest BCUT2D eigenvalue weighted by atomic mass is 10.1. The molecule has 2 aromatic rings. The predicted octanol–water partition coefficient (Wildman–Crippen LogP) is 3.59. The maximum absolute atomic E-state index is 10.9. The second-order valence-electron chi connectivity index (χ2n) is 4.53. The Balaban J connectivity index is 2.23. The first-order chi connectivity index (χ1) is 10.0. The van der Waals surface area contributed by atoms with Gasteiger partial charge in [-0.1, -0.05) is 29.8 Å². The van der Waals surface area contributed by atoms with Crippen LogP contribution in [0.5, 0.6) is 5.75 Å². The SMILES string of the molecule is Cc1c(COc2cccc(Cl)c2CN)cccc1[N+](=O)[O-]. The molecule has 2 aromatic carbocycles. The Morgan fingerprint density at radius 1 is 1.29 bits per heavy atom. The van der Waals surface area contributed by atoms with Gasteiger partial charge in [0.05, 0.1) is 4.92 Å². The number of rotatable bonds is 5. The summed E-state index contributed by atoms with van der Waals surface area (Å²) in [5.41, 5.74) is 7.82. The van der Waals surface area contributed by atoms with E-state index in [1.54, 1.807) is 37.3 Å². The number of nitrogens with two attached hydrogens (primary N) is 1. The normalized spacial score (nSPS) is 10.4. The van der Waals surface area contributed by atoms with Gasteiger partial charge < -0.3 is 10.5 Å². The molecule has 0 heterocycles. The second-order valence-corrected chi connectivity index (χ2v) is 4.93. The van der Waals surface area contributed by atoms with Crippen LogP contribution in [0.3, 0.4) is 0 Å². The molecule has 0 unspecified atom stereocenters. The standard InChI is InChI=1S/C15H15ClN2O3/c1-10-11(4-2-6-14(10)18(19)20)9-21-15-7-3-5-13(16)12(15)8-17/h2-7H,8-9,17H2,1H3. The largest absolute Gasteiger partial charge is 0.489 e. The lowest BCUT2D eigenvalue weighted by Crippen LogP contribution is -2.05. The van der Waals surface area contributed by atoms with Gasteiger partial charge in [0.25, 0.3) is 5.69 Å². The van der Waals surface area contributed by atoms with E-state index in [1.807, 2.05) is 0 Å². The van der Waals surface area contributed by atoms with E-state index in [9.17, 15) is 10.1 Å². The van der Waals surface area contributed by atoms with Crippen molar-refractivity contribution in [2.45, 2.75) is 20.1 Å². The molecule has 0 aromatic heterocycles. The van der Waals surface area contributed by atoms with Crippen molar-refractivity contribution in [1.82, 2.24) is 0 Å². The zero-order valence-electron chi connectivity index (χ0n) is 11.5. The van der Waals surface area contributed by atoms with Crippen molar-refractivity contribution in [3.63, 3.8) is 0 Å². The maximum atomic E-state index is 10.9. The van der Waals surface area contributed by atoms with Gasteiger partial charge in [-0.3, -0.25) is 10.1 Å². The van der Waals surface area contributed by atoms with Crippen LogP contribution in [0.2, 0.25) is 5.02 Å². The van der Waals surface area contributed by atoms with E-state index >= 15 is 0 Å². The Hall–Kier alpha value is -2.11. The van der Waals surface area contributed by atoms with E-state index in [1.165, 1.54) is 6.07 Å². The molecule has 0 atom stereocenters. The molecule has 0 aliphatic heterocycles. The predicted molar refractivity (Wildman–Crippen MR) is 81.5 cm³/mol. The molecule has 0 aliphatic rings. The van der Waals surface area contributed by atoms with Crippen molar-refractivity contribution in [2.75, 3.05) is 0 Å². The summed E-state index contributed by atoms with van der Waals surface area (Å²) in [6.45, 7) is 2.20. The highest BCUT2D eigenvalue weighted by atomic mass is 35.5. The molecule has 0 aliphatic carbocycles. The Labute approximate surface area is 127 Å². The number of hydrogen-bond acceptors (Lipinski definition) is 4. The Morgan fingerprint density at radius 2 is 2.00 bits per heavy atom. The van der Waals surface area contributed by atoms with Crippen LogP contribution in [0.4, 0.5) is 5.69 Å². The van der Waals surface area contributed by atoms with E-state index in [0.717, 1.165) is 11.1 Å². The third kappa shape index (κ3) is 3.32. The fourth-order valence-electron chi connectivity index (χ4n) is 2.05. The number of ether oxygens (including phenoxy) is 1. The smallest absolute Gasteiger partial charge is 0.272 e. The van der Waals surface area contributed by atoms with Gasteiger partial charge in [0.2, 0.25) is 0 Å². The van der Waals surface area contributed by atoms with Crippen molar-refractivity contribution < 1.29 is 9.66 Å². The molecule has 2 N–H and O–H groups in total. The Kier molecular flexibility index (Phi) is 4.77. The molecule has 0 radical (unpaired) electrons. The average Bonchev–Trinajstić information content (AvgIpc) is 2.46. The number of hydrogen-bond donors (Lipinski definition) is 1. The molecule has 110 valence electrons. The third-order valence-corrected chi connectivity index (χ3v) is 3.63. The van der Waals surface area contributed by atoms with Crippen LogP contribution in [0.25, 0.3) is 0 Å². The van der Waals surface area contributed by atoms with Crippen LogP contribution in [-0.4, -0.2) is 4.92 Å². The highest BCUT2D eigenvalue weighted by molar-refractivity contribution is 6.31. The monoisotopic (exact) mass is 306 g/mol. The fourth-order valence-corrected chi connectivity index (χ4v) is 2.29. The maximum Gasteiger partial charge on any atom is 0.272 e. The lowest BCUT2D eigenvalue weighted by molar-refractivity contribution is -0.385. The number of nitro groups is 1. The summed E-state index contributed by atoms with van der Waals surface area (Å²) >= 11 is 6.06. The number of benzene rings is 2. The molecule has 0 bridgehead atoms. The quantitative estimate of drug-likeness (QED) is 0.676. The molecule has 2 rings (SSSR count). The van der Waals surface area contributed by atoms with Crippen molar-refractivity contribution >= 4 is 17.3 Å². The van der Waals surface area contributed by atoms with Gasteiger partial charge in [-0.25, -0.2) is 0 Å². The first-order valence-corrected chi connectivity index (χ1v) is 6.75. The van der Waals surface area contributed by atoms with Gasteiger partial charge in [0, 0.05) is 28.8 Å². The minimum Gasteiger partial charge on any atom is -0.489 e. The zero-order chi connectivity index (χ0) is 15.4. The van der Waals surface area contributed by atoms with Gasteiger partial charge in [-0.2, -0.15) is 0 Å². The molecule has 0 saturated heterocycles. The van der Waals surface area contributed by atoms with Crippen LogP contribution < -0.4 is 10.5 Å². The van der Waals surface area contributed by atoms with E-state index in [-0.39, 0.29) is 18.8 Å². The third-order valence-electron chi connectivity index (χ3n) is 3.28. The molecular weight excluding hydrogens is 292 g/mol. The molecule has 0 fully saturated rings. The molecule has 0 amide bonds. The molecule has 21 heavy (non-hydrogen) atoms. The number of nitro benzene ring substituents is 1. The number of nitrogens with zero attached hydrogens (tertiary/aromatic N) is 1. The minimum absolute atomic E-state index is 0.0845. The fraction of sp³-hybridized carbons (Fsp3) is 0.200. The Morgan fingerprint density at radius 3 is 2.67 bits per heavy atom. The summed E-state index contributed by atoms with van der Waals surface area (Å²) in [6.07, 6.45) is 0. The van der Waals surface area contributed by atoms with E-state index in [0.29, 0.717) is 16.3 Å². The Bertz CT molecular complexity index is 674. The van der Waals surface area contributed by atoms with Crippen LogP contribution >= 0.6 is 11.6 Å². The first kappa shape index (κ1) is 15.3. The molecule has 5 nitrogen and oxygen atoms in total. The van der Waals surface area contributed by atoms with Gasteiger partial charge in [0.1, 0.15) is 12.4 Å². The van der Waals surface area contributed by atoms with Crippen molar-refractivity contribution in [3.8, 4) is 5.75 Å². The molecule has 6 heteroatoms. The van der Waals surface area contributed by atoms with Gasteiger partial charge >= 0.3 is 0 Å². The first-order valence-electron chi connectivity index (χ1n) is 6.37. The van der Waals surface area contributed by atoms with Crippen LogP contribution in [0.15, 0.2) is 36.4 Å². The highest BCUT2D eigenvalue weighted by Crippen LogP contribution is 2.28. The van der Waals surface area contributed by atoms with E-state index in [4.69, 9.17) is 22.1 Å². The summed E-state index contributed by atoms with van der Waals surface area (Å²) in [4.78, 5) is 10.5. The van der Waals surface area contributed by atoms with E-state index in [2.05, 4.69) is 0 Å². The van der Waals surface area contributed by atoms with Crippen molar-refractivity contribution in [3.05, 3.63) is 68.2 Å². The minimum atomic E-state index is -0.399. The van der Waals surface area contributed by atoms with Gasteiger partial charge in [0.15, 0.2) is 0 Å². The molecular formula is C15H15ClN2O3. The van der Waals surface area contributed by atoms with Crippen LogP contribution in [-0.2, 0) is 13.2 Å². The summed E-state index contributed by atoms with van der Waals surface area (Å²) in [6, 6.07) is 10.2. The average molecular weight is 307 g/mol. The van der Waals surface area contributed by atoms with Gasteiger partial charge in [-0.15, -0.1) is 0 Å². The van der Waals surface area contributed by atoms with Crippen molar-refractivity contribution in [2.24, 2.45) is 5.73 Å². The highest BCUT2D eigenvalue weighted by Gasteiger charge is 2.14. The van der Waals surface area contributed by atoms with Crippen molar-refractivity contribution in [1.29, 1.82) is 0 Å². The van der Waals surface area contributed by atoms with Crippen LogP contribution in [0, 0.1) is 17.0 Å². The molecule has 0 spiro atoms. The van der Waals surface area contributed by atoms with Crippen LogP contribution in [0.1, 0.15) is 16.7 Å². The van der Waals surface area contributed by atoms with E-state index < -0.39 is 4.92 Å². The summed E-state index contributed by atoms with van der Waals surface area (Å²) in [7, 11) is 0. The number of halogens is 1. The summed E-state index contributed by atoms with van der Waals surface area (Å²) in [5, 5.41) is 11.5. The zero-order valence-corrected chi connectivity index (χ0v) is 12.3.